The van der Waals surface area contributed by atoms with Gasteiger partial charge in [0, 0.05) is 19.6 Å². The number of esters is 1. The molecule has 0 unspecified atom stereocenters. The highest BCUT2D eigenvalue weighted by Crippen LogP contribution is 2.16. The molecule has 1 saturated heterocycles. The third-order valence-electron chi connectivity index (χ3n) is 4.28. The SMILES string of the molecule is O=C(CCN1CCS(=O)(=O)CC1)OCc1ccc2ccccc2c1. The van der Waals surface area contributed by atoms with Gasteiger partial charge >= 0.3 is 5.97 Å². The summed E-state index contributed by atoms with van der Waals surface area (Å²) < 4.78 is 28.1. The Morgan fingerprint density at radius 1 is 1.04 bits per heavy atom. The third-order valence-corrected chi connectivity index (χ3v) is 5.89. The Morgan fingerprint density at radius 3 is 2.50 bits per heavy atom. The number of rotatable bonds is 5. The van der Waals surface area contributed by atoms with Crippen molar-refractivity contribution in [3.63, 3.8) is 0 Å². The van der Waals surface area contributed by atoms with E-state index in [-0.39, 0.29) is 30.5 Å². The van der Waals surface area contributed by atoms with Gasteiger partial charge in [0.05, 0.1) is 17.9 Å². The number of hydrogen-bond acceptors (Lipinski definition) is 5. The second kappa shape index (κ2) is 7.32. The largest absolute Gasteiger partial charge is 0.461 e. The fraction of sp³-hybridized carbons (Fsp3) is 0.389. The molecule has 1 fully saturated rings. The molecule has 128 valence electrons. The number of benzene rings is 2. The number of fused-ring (bicyclic) bond motifs is 1. The molecule has 0 spiro atoms. The third kappa shape index (κ3) is 4.55. The number of nitrogens with zero attached hydrogens (tertiary/aromatic N) is 1. The predicted octanol–water partition coefficient (Wildman–Crippen LogP) is 2.00. The number of sulfone groups is 1. The Bertz CT molecular complexity index is 818. The Kier molecular flexibility index (Phi) is 5.16. The molecule has 6 heteroatoms. The van der Waals surface area contributed by atoms with Crippen LogP contribution in [0.2, 0.25) is 0 Å². The van der Waals surface area contributed by atoms with Gasteiger partial charge in [0.25, 0.3) is 0 Å². The van der Waals surface area contributed by atoms with Crippen molar-refractivity contribution >= 4 is 26.6 Å². The molecular weight excluding hydrogens is 326 g/mol. The molecule has 1 aliphatic heterocycles. The van der Waals surface area contributed by atoms with Gasteiger partial charge in [-0.25, -0.2) is 8.42 Å². The van der Waals surface area contributed by atoms with Crippen LogP contribution in [0.5, 0.6) is 0 Å². The highest BCUT2D eigenvalue weighted by Gasteiger charge is 2.21. The predicted molar refractivity (Wildman–Crippen MR) is 93.5 cm³/mol. The lowest BCUT2D eigenvalue weighted by molar-refractivity contribution is -0.145. The number of carbonyl (C=O) groups excluding carboxylic acids is 1. The van der Waals surface area contributed by atoms with E-state index < -0.39 is 9.84 Å². The van der Waals surface area contributed by atoms with Crippen LogP contribution < -0.4 is 0 Å². The molecule has 2 aromatic rings. The highest BCUT2D eigenvalue weighted by molar-refractivity contribution is 7.91. The molecule has 0 aromatic heterocycles. The van der Waals surface area contributed by atoms with Crippen molar-refractivity contribution < 1.29 is 17.9 Å². The fourth-order valence-corrected chi connectivity index (χ4v) is 4.06. The monoisotopic (exact) mass is 347 g/mol. The Morgan fingerprint density at radius 2 is 1.75 bits per heavy atom. The molecular formula is C18H21NO4S. The molecule has 0 N–H and O–H groups in total. The van der Waals surface area contributed by atoms with Crippen LogP contribution in [0.15, 0.2) is 42.5 Å². The summed E-state index contributed by atoms with van der Waals surface area (Å²) in [6.45, 7) is 1.81. The molecule has 0 amide bonds. The van der Waals surface area contributed by atoms with Crippen LogP contribution in [0.3, 0.4) is 0 Å². The van der Waals surface area contributed by atoms with Crippen LogP contribution in [0.25, 0.3) is 10.8 Å². The van der Waals surface area contributed by atoms with Gasteiger partial charge in [-0.15, -0.1) is 0 Å². The molecule has 24 heavy (non-hydrogen) atoms. The van der Waals surface area contributed by atoms with Crippen molar-refractivity contribution in [2.45, 2.75) is 13.0 Å². The molecule has 0 bridgehead atoms. The molecule has 1 aliphatic rings. The van der Waals surface area contributed by atoms with Crippen LogP contribution in [0.1, 0.15) is 12.0 Å². The van der Waals surface area contributed by atoms with E-state index in [1.165, 1.54) is 0 Å². The van der Waals surface area contributed by atoms with Crippen LogP contribution in [-0.4, -0.2) is 50.4 Å². The molecule has 3 rings (SSSR count). The van der Waals surface area contributed by atoms with Gasteiger partial charge in [-0.05, 0) is 22.4 Å². The summed E-state index contributed by atoms with van der Waals surface area (Å²) in [5, 5.41) is 2.29. The van der Waals surface area contributed by atoms with E-state index in [9.17, 15) is 13.2 Å². The second-order valence-corrected chi connectivity index (χ2v) is 8.39. The fourth-order valence-electron chi connectivity index (χ4n) is 2.79. The van der Waals surface area contributed by atoms with E-state index in [4.69, 9.17) is 4.74 Å². The number of hydrogen-bond donors (Lipinski definition) is 0. The highest BCUT2D eigenvalue weighted by atomic mass is 32.2. The first-order valence-corrected chi connectivity index (χ1v) is 9.90. The summed E-state index contributed by atoms with van der Waals surface area (Å²) in [6.07, 6.45) is 0.285. The first-order chi connectivity index (χ1) is 11.5. The number of carbonyl (C=O) groups is 1. The Hall–Kier alpha value is -1.92. The Balaban J connectivity index is 1.45. The number of ether oxygens (including phenoxy) is 1. The van der Waals surface area contributed by atoms with E-state index in [1.807, 2.05) is 47.4 Å². The van der Waals surface area contributed by atoms with E-state index in [2.05, 4.69) is 0 Å². The zero-order valence-corrected chi connectivity index (χ0v) is 14.3. The topological polar surface area (TPSA) is 63.7 Å². The van der Waals surface area contributed by atoms with Crippen molar-refractivity contribution in [2.75, 3.05) is 31.1 Å². The van der Waals surface area contributed by atoms with Crippen LogP contribution in [-0.2, 0) is 26.0 Å². The molecule has 1 heterocycles. The maximum Gasteiger partial charge on any atom is 0.307 e. The average Bonchev–Trinajstić information content (AvgIpc) is 2.59. The molecule has 0 radical (unpaired) electrons. The van der Waals surface area contributed by atoms with Gasteiger partial charge in [0.1, 0.15) is 6.61 Å². The molecule has 5 nitrogen and oxygen atoms in total. The van der Waals surface area contributed by atoms with Gasteiger partial charge in [-0.3, -0.25) is 4.79 Å². The van der Waals surface area contributed by atoms with Crippen molar-refractivity contribution in [1.82, 2.24) is 4.90 Å². The summed E-state index contributed by atoms with van der Waals surface area (Å²) in [5.41, 5.74) is 0.964. The lowest BCUT2D eigenvalue weighted by Crippen LogP contribution is -2.41. The minimum Gasteiger partial charge on any atom is -0.461 e. The minimum atomic E-state index is -2.88. The first kappa shape index (κ1) is 16.9. The lowest BCUT2D eigenvalue weighted by atomic mass is 10.1. The Labute approximate surface area is 142 Å². The zero-order chi connectivity index (χ0) is 17.0. The van der Waals surface area contributed by atoms with Gasteiger partial charge in [0.2, 0.25) is 0 Å². The van der Waals surface area contributed by atoms with Crippen molar-refractivity contribution in [2.24, 2.45) is 0 Å². The van der Waals surface area contributed by atoms with Crippen LogP contribution >= 0.6 is 0 Å². The summed E-state index contributed by atoms with van der Waals surface area (Å²) >= 11 is 0. The summed E-state index contributed by atoms with van der Waals surface area (Å²) in [4.78, 5) is 13.9. The van der Waals surface area contributed by atoms with Crippen molar-refractivity contribution in [3.8, 4) is 0 Å². The smallest absolute Gasteiger partial charge is 0.307 e. The van der Waals surface area contributed by atoms with Crippen LogP contribution in [0.4, 0.5) is 0 Å². The van der Waals surface area contributed by atoms with Gasteiger partial charge < -0.3 is 9.64 Å². The average molecular weight is 347 g/mol. The lowest BCUT2D eigenvalue weighted by Gasteiger charge is -2.25. The van der Waals surface area contributed by atoms with E-state index in [0.717, 1.165) is 16.3 Å². The van der Waals surface area contributed by atoms with Gasteiger partial charge in [-0.1, -0.05) is 36.4 Å². The molecule has 0 saturated carbocycles. The van der Waals surface area contributed by atoms with Crippen molar-refractivity contribution in [1.29, 1.82) is 0 Å². The standard InChI is InChI=1S/C18H21NO4S/c20-18(7-8-19-9-11-24(21,22)12-10-19)23-14-15-5-6-16-3-1-2-4-17(16)13-15/h1-6,13H,7-12,14H2. The normalized spacial score (nSPS) is 17.7. The summed E-state index contributed by atoms with van der Waals surface area (Å²) in [6, 6.07) is 14.1. The van der Waals surface area contributed by atoms with E-state index >= 15 is 0 Å². The van der Waals surface area contributed by atoms with Gasteiger partial charge in [0.15, 0.2) is 9.84 Å². The second-order valence-electron chi connectivity index (χ2n) is 6.09. The van der Waals surface area contributed by atoms with Crippen molar-refractivity contribution in [3.05, 3.63) is 48.0 Å². The molecule has 2 aromatic carbocycles. The molecule has 0 atom stereocenters. The summed E-state index contributed by atoms with van der Waals surface area (Å²) in [7, 11) is -2.88. The van der Waals surface area contributed by atoms with Crippen LogP contribution in [0, 0.1) is 0 Å². The quantitative estimate of drug-likeness (QED) is 0.774. The molecule has 0 aliphatic carbocycles. The maximum absolute atomic E-state index is 11.9. The van der Waals surface area contributed by atoms with E-state index in [0.29, 0.717) is 19.6 Å². The maximum atomic E-state index is 11.9. The zero-order valence-electron chi connectivity index (χ0n) is 13.5. The minimum absolute atomic E-state index is 0.180. The van der Waals surface area contributed by atoms with E-state index in [1.54, 1.807) is 0 Å². The summed E-state index contributed by atoms with van der Waals surface area (Å²) in [5.74, 6) is 0.106. The van der Waals surface area contributed by atoms with Gasteiger partial charge in [-0.2, -0.15) is 0 Å². The first-order valence-electron chi connectivity index (χ1n) is 8.08.